The van der Waals surface area contributed by atoms with Crippen molar-refractivity contribution in [3.05, 3.63) is 105 Å². The highest BCUT2D eigenvalue weighted by Gasteiger charge is 2.36. The van der Waals surface area contributed by atoms with Gasteiger partial charge >= 0.3 is 6.03 Å². The lowest BCUT2D eigenvalue weighted by molar-refractivity contribution is 0.194. The van der Waals surface area contributed by atoms with Gasteiger partial charge in [0, 0.05) is 27.3 Å². The van der Waals surface area contributed by atoms with E-state index >= 15 is 0 Å². The van der Waals surface area contributed by atoms with E-state index in [1.807, 2.05) is 71.7 Å². The highest BCUT2D eigenvalue weighted by molar-refractivity contribution is 7.15. The Balaban J connectivity index is 1.50. The molecule has 4 aromatic rings. The molecule has 1 aliphatic heterocycles. The van der Waals surface area contributed by atoms with Crippen LogP contribution in [0.25, 0.3) is 5.00 Å². The molecule has 0 radical (unpaired) electrons. The lowest BCUT2D eigenvalue weighted by atomic mass is 9.95. The first-order valence-electron chi connectivity index (χ1n) is 11.8. The van der Waals surface area contributed by atoms with E-state index in [1.165, 1.54) is 33.8 Å². The number of fused-ring (bicyclic) bond motifs is 5. The molecule has 172 valence electrons. The minimum absolute atomic E-state index is 0.0955. The predicted molar refractivity (Wildman–Crippen MR) is 139 cm³/mol. The molecule has 1 atom stereocenters. The summed E-state index contributed by atoms with van der Waals surface area (Å²) in [5.74, 6) is 0. The van der Waals surface area contributed by atoms with Gasteiger partial charge in [-0.15, -0.1) is 11.3 Å². The van der Waals surface area contributed by atoms with Gasteiger partial charge < -0.3 is 14.8 Å². The van der Waals surface area contributed by atoms with E-state index in [-0.39, 0.29) is 12.1 Å². The predicted octanol–water partition coefficient (Wildman–Crippen LogP) is 7.52. The summed E-state index contributed by atoms with van der Waals surface area (Å²) in [5.41, 5.74) is 6.83. The van der Waals surface area contributed by atoms with E-state index in [2.05, 4.69) is 28.2 Å². The zero-order valence-electron chi connectivity index (χ0n) is 19.1. The number of amides is 2. The van der Waals surface area contributed by atoms with E-state index in [9.17, 15) is 4.79 Å². The maximum atomic E-state index is 13.9. The first-order valence-corrected chi connectivity index (χ1v) is 13.0. The molecule has 0 unspecified atom stereocenters. The number of nitrogens with one attached hydrogen (secondary N) is 1. The highest BCUT2D eigenvalue weighted by Crippen LogP contribution is 2.44. The van der Waals surface area contributed by atoms with Crippen molar-refractivity contribution in [2.75, 3.05) is 5.32 Å². The van der Waals surface area contributed by atoms with Gasteiger partial charge in [0.15, 0.2) is 0 Å². The molecular weight excluding hydrogens is 462 g/mol. The van der Waals surface area contributed by atoms with Crippen LogP contribution in [0.15, 0.2) is 66.9 Å². The topological polar surface area (TPSA) is 37.3 Å². The molecule has 0 bridgehead atoms. The van der Waals surface area contributed by atoms with Gasteiger partial charge in [0.25, 0.3) is 0 Å². The summed E-state index contributed by atoms with van der Waals surface area (Å²) in [7, 11) is 0. The maximum Gasteiger partial charge on any atom is 0.322 e. The highest BCUT2D eigenvalue weighted by atomic mass is 35.5. The van der Waals surface area contributed by atoms with Crippen LogP contribution in [0.1, 0.15) is 51.7 Å². The number of aromatic nitrogens is 1. The standard InChI is InChI=1S/C28H26ClN3OS/c1-18-6-4-7-21(16-18)30-28(33)32-17-23-22-8-2-3-10-25(22)34-27(23)31-15-5-9-24(31)26(32)19-11-13-20(29)14-12-19/h4-7,9,11-16,26H,2-3,8,10,17H2,1H3,(H,30,33)/t26-/m1/s1. The first kappa shape index (κ1) is 21.5. The smallest absolute Gasteiger partial charge is 0.310 e. The molecular formula is C28H26ClN3OS. The molecule has 0 spiro atoms. The SMILES string of the molecule is Cc1cccc(NC(=O)N2Cc3c(sc4c3CCCC4)-n3cccc3[C@H]2c2ccc(Cl)cc2)c1. The van der Waals surface area contributed by atoms with E-state index in [0.717, 1.165) is 35.3 Å². The Bertz CT molecular complexity index is 1370. The quantitative estimate of drug-likeness (QED) is 0.312. The van der Waals surface area contributed by atoms with Crippen molar-refractivity contribution >= 4 is 34.7 Å². The number of hydrogen-bond donors (Lipinski definition) is 1. The number of nitrogens with zero attached hydrogens (tertiary/aromatic N) is 2. The first-order chi connectivity index (χ1) is 16.6. The Morgan fingerprint density at radius 2 is 1.85 bits per heavy atom. The van der Waals surface area contributed by atoms with Crippen LogP contribution < -0.4 is 5.32 Å². The third-order valence-corrected chi connectivity index (χ3v) is 8.48. The fraction of sp³-hybridized carbons (Fsp3) is 0.250. The van der Waals surface area contributed by atoms with E-state index in [1.54, 1.807) is 0 Å². The van der Waals surface area contributed by atoms with Crippen molar-refractivity contribution in [3.63, 3.8) is 0 Å². The van der Waals surface area contributed by atoms with Crippen LogP contribution in [0.5, 0.6) is 0 Å². The average molecular weight is 488 g/mol. The van der Waals surface area contributed by atoms with Crippen molar-refractivity contribution in [1.29, 1.82) is 0 Å². The van der Waals surface area contributed by atoms with Crippen LogP contribution in [0.4, 0.5) is 10.5 Å². The number of benzene rings is 2. The summed E-state index contributed by atoms with van der Waals surface area (Å²) in [5, 5.41) is 5.12. The van der Waals surface area contributed by atoms with Gasteiger partial charge in [-0.25, -0.2) is 4.79 Å². The van der Waals surface area contributed by atoms with Gasteiger partial charge in [-0.1, -0.05) is 35.9 Å². The minimum Gasteiger partial charge on any atom is -0.310 e. The Labute approximate surface area is 208 Å². The number of rotatable bonds is 2. The van der Waals surface area contributed by atoms with Crippen molar-refractivity contribution in [2.45, 2.75) is 45.2 Å². The molecule has 6 rings (SSSR count). The molecule has 1 N–H and O–H groups in total. The number of hydrogen-bond acceptors (Lipinski definition) is 2. The lowest BCUT2D eigenvalue weighted by Crippen LogP contribution is -2.38. The molecule has 6 heteroatoms. The van der Waals surface area contributed by atoms with Crippen molar-refractivity contribution in [3.8, 4) is 5.00 Å². The van der Waals surface area contributed by atoms with Gasteiger partial charge in [-0.2, -0.15) is 0 Å². The van der Waals surface area contributed by atoms with Gasteiger partial charge in [0.05, 0.1) is 18.3 Å². The monoisotopic (exact) mass is 487 g/mol. The molecule has 2 amide bonds. The van der Waals surface area contributed by atoms with Crippen LogP contribution >= 0.6 is 22.9 Å². The normalized spacial score (nSPS) is 16.9. The molecule has 2 aliphatic rings. The summed E-state index contributed by atoms with van der Waals surface area (Å²) in [4.78, 5) is 17.4. The summed E-state index contributed by atoms with van der Waals surface area (Å²) < 4.78 is 2.30. The molecule has 34 heavy (non-hydrogen) atoms. The van der Waals surface area contributed by atoms with Gasteiger partial charge in [0.1, 0.15) is 5.00 Å². The number of carbonyl (C=O) groups excluding carboxylic acids is 1. The molecule has 3 heterocycles. The number of carbonyl (C=O) groups is 1. The Morgan fingerprint density at radius 1 is 1.03 bits per heavy atom. The fourth-order valence-corrected chi connectivity index (χ4v) is 6.83. The van der Waals surface area contributed by atoms with E-state index in [4.69, 9.17) is 11.6 Å². The molecule has 0 saturated carbocycles. The van der Waals surface area contributed by atoms with Crippen molar-refractivity contribution < 1.29 is 4.79 Å². The van der Waals surface area contributed by atoms with Crippen LogP contribution in [-0.2, 0) is 19.4 Å². The number of thiophene rings is 1. The summed E-state index contributed by atoms with van der Waals surface area (Å²) in [6, 6.07) is 19.7. The summed E-state index contributed by atoms with van der Waals surface area (Å²) in [6.45, 7) is 2.61. The number of urea groups is 1. The molecule has 2 aromatic heterocycles. The van der Waals surface area contributed by atoms with Gasteiger partial charge in [-0.05, 0) is 85.7 Å². The second-order valence-corrected chi connectivity index (χ2v) is 10.7. The summed E-state index contributed by atoms with van der Waals surface area (Å²) in [6.07, 6.45) is 6.83. The van der Waals surface area contributed by atoms with Crippen molar-refractivity contribution in [1.82, 2.24) is 9.47 Å². The second-order valence-electron chi connectivity index (χ2n) is 9.18. The molecule has 4 nitrogen and oxygen atoms in total. The Hall–Kier alpha value is -3.02. The largest absolute Gasteiger partial charge is 0.322 e. The van der Waals surface area contributed by atoms with Crippen LogP contribution in [-0.4, -0.2) is 15.5 Å². The van der Waals surface area contributed by atoms with E-state index in [0.29, 0.717) is 11.6 Å². The number of anilines is 1. The van der Waals surface area contributed by atoms with Crippen LogP contribution in [0.3, 0.4) is 0 Å². The minimum atomic E-state index is -0.226. The van der Waals surface area contributed by atoms with Crippen LogP contribution in [0, 0.1) is 6.92 Å². The zero-order valence-corrected chi connectivity index (χ0v) is 20.6. The molecule has 2 aromatic carbocycles. The van der Waals surface area contributed by atoms with Gasteiger partial charge in [0.2, 0.25) is 0 Å². The Kier molecular flexibility index (Phi) is 5.47. The average Bonchev–Trinajstić information content (AvgIpc) is 3.42. The number of halogens is 1. The Morgan fingerprint density at radius 3 is 2.68 bits per heavy atom. The molecule has 0 saturated heterocycles. The lowest BCUT2D eigenvalue weighted by Gasteiger charge is -2.31. The molecule has 1 aliphatic carbocycles. The van der Waals surface area contributed by atoms with Crippen LogP contribution in [0.2, 0.25) is 5.02 Å². The third kappa shape index (κ3) is 3.73. The summed E-state index contributed by atoms with van der Waals surface area (Å²) >= 11 is 8.12. The molecule has 0 fully saturated rings. The maximum absolute atomic E-state index is 13.9. The van der Waals surface area contributed by atoms with Crippen molar-refractivity contribution in [2.24, 2.45) is 0 Å². The fourth-order valence-electron chi connectivity index (χ4n) is 5.30. The number of aryl methyl sites for hydroxylation is 2. The van der Waals surface area contributed by atoms with Gasteiger partial charge in [-0.3, -0.25) is 0 Å². The van der Waals surface area contributed by atoms with E-state index < -0.39 is 0 Å². The zero-order chi connectivity index (χ0) is 23.2. The third-order valence-electron chi connectivity index (χ3n) is 6.89. The second kappa shape index (κ2) is 8.64.